The average Bonchev–Trinajstić information content (AvgIpc) is 3.23. The van der Waals surface area contributed by atoms with Crippen molar-refractivity contribution in [1.82, 2.24) is 0 Å². The van der Waals surface area contributed by atoms with Gasteiger partial charge in [-0.25, -0.2) is 4.99 Å². The van der Waals surface area contributed by atoms with Gasteiger partial charge in [0.15, 0.2) is 5.84 Å². The van der Waals surface area contributed by atoms with E-state index in [0.717, 1.165) is 23.5 Å². The highest BCUT2D eigenvalue weighted by Gasteiger charge is 2.31. The molecule has 0 saturated carbocycles. The SMILES string of the molecule is C=C(C)Cc1ccc(C2=NCC(c3ccc4c(c3)CCC(CC)(CC)C4)=N2)cc1. The predicted molar refractivity (Wildman–Crippen MR) is 124 cm³/mol. The summed E-state index contributed by atoms with van der Waals surface area (Å²) in [5.74, 6) is 0.857. The molecule has 1 aliphatic carbocycles. The van der Waals surface area contributed by atoms with Crippen LogP contribution in [0.2, 0.25) is 0 Å². The number of nitrogens with zero attached hydrogens (tertiary/aromatic N) is 2. The van der Waals surface area contributed by atoms with E-state index < -0.39 is 0 Å². The van der Waals surface area contributed by atoms with Crippen molar-refractivity contribution in [2.24, 2.45) is 15.4 Å². The Balaban J connectivity index is 1.51. The Morgan fingerprint density at radius 3 is 2.41 bits per heavy atom. The Bertz CT molecular complexity index is 972. The van der Waals surface area contributed by atoms with Crippen molar-refractivity contribution < 1.29 is 0 Å². The van der Waals surface area contributed by atoms with Gasteiger partial charge in [-0.2, -0.15) is 0 Å². The average molecular weight is 385 g/mol. The summed E-state index contributed by atoms with van der Waals surface area (Å²) >= 11 is 0. The van der Waals surface area contributed by atoms with E-state index in [2.05, 4.69) is 69.8 Å². The maximum Gasteiger partial charge on any atom is 0.155 e. The fourth-order valence-corrected chi connectivity index (χ4v) is 4.74. The summed E-state index contributed by atoms with van der Waals surface area (Å²) in [6.45, 7) is 11.4. The molecule has 0 amide bonds. The number of aliphatic imine (C=N–C) groups is 2. The molecule has 4 rings (SSSR count). The largest absolute Gasteiger partial charge is 0.260 e. The van der Waals surface area contributed by atoms with Gasteiger partial charge in [-0.3, -0.25) is 4.99 Å². The molecule has 0 fully saturated rings. The molecule has 0 aromatic heterocycles. The van der Waals surface area contributed by atoms with Crippen LogP contribution in [-0.4, -0.2) is 18.1 Å². The molecule has 0 unspecified atom stereocenters. The van der Waals surface area contributed by atoms with Gasteiger partial charge < -0.3 is 0 Å². The molecule has 29 heavy (non-hydrogen) atoms. The summed E-state index contributed by atoms with van der Waals surface area (Å²) in [5, 5.41) is 0. The number of amidine groups is 1. The third-order valence-electron chi connectivity index (χ3n) is 6.87. The van der Waals surface area contributed by atoms with Crippen LogP contribution in [0.25, 0.3) is 0 Å². The normalized spacial score (nSPS) is 17.5. The van der Waals surface area contributed by atoms with Gasteiger partial charge in [-0.05, 0) is 66.3 Å². The van der Waals surface area contributed by atoms with E-state index in [4.69, 9.17) is 9.98 Å². The van der Waals surface area contributed by atoms with E-state index in [0.29, 0.717) is 12.0 Å². The van der Waals surface area contributed by atoms with Gasteiger partial charge in [0.25, 0.3) is 0 Å². The molecule has 1 heterocycles. The summed E-state index contributed by atoms with van der Waals surface area (Å²) in [6, 6.07) is 15.6. The summed E-state index contributed by atoms with van der Waals surface area (Å²) in [4.78, 5) is 9.59. The minimum absolute atomic E-state index is 0.506. The first-order valence-corrected chi connectivity index (χ1v) is 11.0. The molecule has 2 aromatic carbocycles. The van der Waals surface area contributed by atoms with Crippen LogP contribution in [0.5, 0.6) is 0 Å². The topological polar surface area (TPSA) is 24.7 Å². The second kappa shape index (κ2) is 8.10. The highest BCUT2D eigenvalue weighted by Crippen LogP contribution is 2.41. The molecule has 2 aromatic rings. The van der Waals surface area contributed by atoms with Crippen LogP contribution in [0.4, 0.5) is 0 Å². The maximum absolute atomic E-state index is 4.88. The third-order valence-corrected chi connectivity index (χ3v) is 6.87. The Morgan fingerprint density at radius 2 is 1.72 bits per heavy atom. The molecule has 0 bridgehead atoms. The highest BCUT2D eigenvalue weighted by molar-refractivity contribution is 6.17. The minimum atomic E-state index is 0.506. The third kappa shape index (κ3) is 4.12. The molecule has 0 N–H and O–H groups in total. The van der Waals surface area contributed by atoms with Crippen molar-refractivity contribution >= 4 is 11.5 Å². The van der Waals surface area contributed by atoms with Crippen molar-refractivity contribution in [1.29, 1.82) is 0 Å². The van der Waals surface area contributed by atoms with Gasteiger partial charge >= 0.3 is 0 Å². The molecule has 2 aliphatic rings. The van der Waals surface area contributed by atoms with Gasteiger partial charge in [0.2, 0.25) is 0 Å². The second-order valence-electron chi connectivity index (χ2n) is 8.90. The Labute approximate surface area is 175 Å². The van der Waals surface area contributed by atoms with Crippen LogP contribution in [0.1, 0.15) is 67.9 Å². The molecular formula is C27H32N2. The van der Waals surface area contributed by atoms with E-state index >= 15 is 0 Å². The zero-order valence-electron chi connectivity index (χ0n) is 18.1. The smallest absolute Gasteiger partial charge is 0.155 e. The maximum atomic E-state index is 4.88. The first-order chi connectivity index (χ1) is 14.0. The number of hydrogen-bond donors (Lipinski definition) is 0. The molecule has 2 heteroatoms. The van der Waals surface area contributed by atoms with E-state index in [9.17, 15) is 0 Å². The van der Waals surface area contributed by atoms with Gasteiger partial charge in [0.05, 0.1) is 12.3 Å². The van der Waals surface area contributed by atoms with Gasteiger partial charge in [0, 0.05) is 5.56 Å². The fourth-order valence-electron chi connectivity index (χ4n) is 4.74. The van der Waals surface area contributed by atoms with Crippen molar-refractivity contribution in [3.8, 4) is 0 Å². The molecule has 0 radical (unpaired) electrons. The quantitative estimate of drug-likeness (QED) is 0.518. The number of benzene rings is 2. The molecule has 2 nitrogen and oxygen atoms in total. The number of fused-ring (bicyclic) bond motifs is 1. The monoisotopic (exact) mass is 384 g/mol. The Kier molecular flexibility index (Phi) is 5.54. The van der Waals surface area contributed by atoms with Crippen LogP contribution >= 0.6 is 0 Å². The Hall–Kier alpha value is -2.48. The Morgan fingerprint density at radius 1 is 1.00 bits per heavy atom. The molecule has 1 aliphatic heterocycles. The van der Waals surface area contributed by atoms with Crippen LogP contribution < -0.4 is 0 Å². The first kappa shape index (κ1) is 19.8. The van der Waals surface area contributed by atoms with E-state index in [1.807, 2.05) is 0 Å². The van der Waals surface area contributed by atoms with Gasteiger partial charge in [-0.1, -0.05) is 75.2 Å². The van der Waals surface area contributed by atoms with Gasteiger partial charge in [-0.15, -0.1) is 0 Å². The van der Waals surface area contributed by atoms with E-state index in [1.165, 1.54) is 59.9 Å². The lowest BCUT2D eigenvalue weighted by Gasteiger charge is -2.37. The molecular weight excluding hydrogens is 352 g/mol. The van der Waals surface area contributed by atoms with Crippen LogP contribution in [-0.2, 0) is 19.3 Å². The van der Waals surface area contributed by atoms with E-state index in [1.54, 1.807) is 0 Å². The summed E-state index contributed by atoms with van der Waals surface area (Å²) in [7, 11) is 0. The lowest BCUT2D eigenvalue weighted by atomic mass is 9.68. The summed E-state index contributed by atoms with van der Waals surface area (Å²) in [6.07, 6.45) is 7.20. The molecule has 0 saturated heterocycles. The standard InChI is InChI=1S/C27H32N2/c1-5-27(6-2)14-13-22-16-23(11-12-24(22)17-27)25-18-28-26(29-25)21-9-7-20(8-10-21)15-19(3)4/h7-12,16H,3,5-6,13-15,17-18H2,1-2,4H3. The minimum Gasteiger partial charge on any atom is -0.260 e. The first-order valence-electron chi connectivity index (χ1n) is 11.0. The van der Waals surface area contributed by atoms with Crippen molar-refractivity contribution in [2.45, 2.75) is 59.3 Å². The van der Waals surface area contributed by atoms with E-state index in [-0.39, 0.29) is 0 Å². The number of allylic oxidation sites excluding steroid dienone is 1. The fraction of sp³-hybridized carbons (Fsp3) is 0.407. The lowest BCUT2D eigenvalue weighted by molar-refractivity contribution is 0.224. The van der Waals surface area contributed by atoms with Crippen molar-refractivity contribution in [3.63, 3.8) is 0 Å². The van der Waals surface area contributed by atoms with Gasteiger partial charge in [0.1, 0.15) is 0 Å². The summed E-state index contributed by atoms with van der Waals surface area (Å²) in [5.41, 5.74) is 9.45. The number of rotatable bonds is 6. The molecule has 0 atom stereocenters. The lowest BCUT2D eigenvalue weighted by Crippen LogP contribution is -2.27. The van der Waals surface area contributed by atoms with Crippen molar-refractivity contribution in [3.05, 3.63) is 82.4 Å². The zero-order chi connectivity index (χ0) is 20.4. The highest BCUT2D eigenvalue weighted by atomic mass is 15.0. The zero-order valence-corrected chi connectivity index (χ0v) is 18.1. The van der Waals surface area contributed by atoms with Crippen molar-refractivity contribution in [2.75, 3.05) is 6.54 Å². The molecule has 150 valence electrons. The second-order valence-corrected chi connectivity index (χ2v) is 8.90. The van der Waals surface area contributed by atoms with Crippen LogP contribution in [0.15, 0.2) is 64.6 Å². The van der Waals surface area contributed by atoms with Crippen LogP contribution in [0.3, 0.4) is 0 Å². The predicted octanol–water partition coefficient (Wildman–Crippen LogP) is 6.35. The summed E-state index contributed by atoms with van der Waals surface area (Å²) < 4.78 is 0. The van der Waals surface area contributed by atoms with Crippen LogP contribution in [0, 0.1) is 5.41 Å². The number of hydrogen-bond acceptors (Lipinski definition) is 2. The number of aryl methyl sites for hydroxylation is 1. The molecule has 0 spiro atoms.